The SMILES string of the molecule is CCC(NS(=O)(=O)c1cc(Br)cnc1NC)c1cccs1. The van der Waals surface area contributed by atoms with Gasteiger partial charge in [-0.2, -0.15) is 0 Å². The quantitative estimate of drug-likeness (QED) is 0.794. The molecule has 0 aliphatic heterocycles. The summed E-state index contributed by atoms with van der Waals surface area (Å²) >= 11 is 4.80. The highest BCUT2D eigenvalue weighted by atomic mass is 79.9. The Balaban J connectivity index is 2.36. The van der Waals surface area contributed by atoms with Crippen LogP contribution in [0.1, 0.15) is 24.3 Å². The lowest BCUT2D eigenvalue weighted by molar-refractivity contribution is 0.553. The number of hydrogen-bond donors (Lipinski definition) is 2. The maximum atomic E-state index is 12.6. The molecule has 0 radical (unpaired) electrons. The van der Waals surface area contributed by atoms with E-state index in [4.69, 9.17) is 0 Å². The van der Waals surface area contributed by atoms with Crippen molar-refractivity contribution in [1.29, 1.82) is 0 Å². The Morgan fingerprint density at radius 3 is 2.81 bits per heavy atom. The third-order valence-electron chi connectivity index (χ3n) is 2.94. The molecule has 21 heavy (non-hydrogen) atoms. The first kappa shape index (κ1) is 16.4. The fourth-order valence-corrected chi connectivity index (χ4v) is 4.80. The van der Waals surface area contributed by atoms with Crippen LogP contribution in [0, 0.1) is 0 Å². The second kappa shape index (κ2) is 6.87. The summed E-state index contributed by atoms with van der Waals surface area (Å²) in [5.41, 5.74) is 0. The number of anilines is 1. The smallest absolute Gasteiger partial charge is 0.244 e. The van der Waals surface area contributed by atoms with Crippen molar-refractivity contribution in [3.8, 4) is 0 Å². The summed E-state index contributed by atoms with van der Waals surface area (Å²) < 4.78 is 28.6. The lowest BCUT2D eigenvalue weighted by Crippen LogP contribution is -2.28. The molecule has 0 amide bonds. The van der Waals surface area contributed by atoms with Crippen molar-refractivity contribution in [3.05, 3.63) is 39.1 Å². The Morgan fingerprint density at radius 1 is 1.48 bits per heavy atom. The van der Waals surface area contributed by atoms with Crippen LogP contribution in [-0.4, -0.2) is 20.4 Å². The van der Waals surface area contributed by atoms with Gasteiger partial charge in [0.25, 0.3) is 0 Å². The average molecular weight is 390 g/mol. The van der Waals surface area contributed by atoms with Crippen molar-refractivity contribution >= 4 is 43.1 Å². The molecule has 8 heteroatoms. The molecule has 2 aromatic rings. The minimum Gasteiger partial charge on any atom is -0.372 e. The zero-order valence-electron chi connectivity index (χ0n) is 11.6. The van der Waals surface area contributed by atoms with Crippen LogP contribution in [0.3, 0.4) is 0 Å². The standard InChI is InChI=1S/C13H16BrN3O2S2/c1-3-10(11-5-4-6-20-11)17-21(18,19)12-7-9(14)8-16-13(12)15-2/h4-8,10,17H,3H2,1-2H3,(H,15,16). The summed E-state index contributed by atoms with van der Waals surface area (Å²) in [6.45, 7) is 1.95. The van der Waals surface area contributed by atoms with Crippen LogP contribution in [0.2, 0.25) is 0 Å². The van der Waals surface area contributed by atoms with E-state index in [1.54, 1.807) is 19.3 Å². The highest BCUT2D eigenvalue weighted by Crippen LogP contribution is 2.27. The number of nitrogens with one attached hydrogen (secondary N) is 2. The van der Waals surface area contributed by atoms with Gasteiger partial charge in [-0.3, -0.25) is 0 Å². The third-order valence-corrected chi connectivity index (χ3v) is 5.84. The van der Waals surface area contributed by atoms with E-state index < -0.39 is 10.0 Å². The molecule has 0 aliphatic rings. The maximum absolute atomic E-state index is 12.6. The molecule has 5 nitrogen and oxygen atoms in total. The van der Waals surface area contributed by atoms with E-state index in [-0.39, 0.29) is 10.9 Å². The van der Waals surface area contributed by atoms with Crippen LogP contribution >= 0.6 is 27.3 Å². The number of sulfonamides is 1. The number of nitrogens with zero attached hydrogens (tertiary/aromatic N) is 1. The van der Waals surface area contributed by atoms with Crippen molar-refractivity contribution < 1.29 is 8.42 Å². The van der Waals surface area contributed by atoms with E-state index >= 15 is 0 Å². The highest BCUT2D eigenvalue weighted by Gasteiger charge is 2.24. The molecular weight excluding hydrogens is 374 g/mol. The minimum atomic E-state index is -3.66. The number of pyridine rings is 1. The number of aromatic nitrogens is 1. The molecule has 0 aromatic carbocycles. The number of thiophene rings is 1. The molecule has 2 N–H and O–H groups in total. The van der Waals surface area contributed by atoms with Gasteiger partial charge in [0.2, 0.25) is 10.0 Å². The van der Waals surface area contributed by atoms with Gasteiger partial charge in [-0.25, -0.2) is 18.1 Å². The van der Waals surface area contributed by atoms with Crippen LogP contribution in [0.4, 0.5) is 5.82 Å². The van der Waals surface area contributed by atoms with E-state index in [9.17, 15) is 8.42 Å². The summed E-state index contributed by atoms with van der Waals surface area (Å²) in [5.74, 6) is 0.326. The number of rotatable bonds is 6. The molecule has 0 spiro atoms. The fraction of sp³-hybridized carbons (Fsp3) is 0.308. The summed E-state index contributed by atoms with van der Waals surface area (Å²) in [6, 6.07) is 5.15. The molecule has 2 rings (SSSR count). The van der Waals surface area contributed by atoms with Gasteiger partial charge in [-0.1, -0.05) is 13.0 Å². The zero-order valence-corrected chi connectivity index (χ0v) is 14.8. The third kappa shape index (κ3) is 3.82. The van der Waals surface area contributed by atoms with Crippen LogP contribution in [0.5, 0.6) is 0 Å². The van der Waals surface area contributed by atoms with Gasteiger partial charge in [0, 0.05) is 22.6 Å². The first-order valence-electron chi connectivity index (χ1n) is 6.37. The summed E-state index contributed by atoms with van der Waals surface area (Å²) in [5, 5.41) is 4.74. The van der Waals surface area contributed by atoms with E-state index in [1.807, 2.05) is 24.4 Å². The largest absolute Gasteiger partial charge is 0.372 e. The predicted octanol–water partition coefficient (Wildman–Crippen LogP) is 3.38. The van der Waals surface area contributed by atoms with Gasteiger partial charge in [-0.15, -0.1) is 11.3 Å². The zero-order chi connectivity index (χ0) is 15.5. The predicted molar refractivity (Wildman–Crippen MR) is 89.2 cm³/mol. The second-order valence-electron chi connectivity index (χ2n) is 4.35. The van der Waals surface area contributed by atoms with Gasteiger partial charge in [-0.05, 0) is 39.9 Å². The van der Waals surface area contributed by atoms with E-state index in [2.05, 4.69) is 31.0 Å². The van der Waals surface area contributed by atoms with Gasteiger partial charge >= 0.3 is 0 Å². The first-order chi connectivity index (χ1) is 9.97. The molecule has 2 heterocycles. The van der Waals surface area contributed by atoms with Crippen molar-refractivity contribution in [2.75, 3.05) is 12.4 Å². The highest BCUT2D eigenvalue weighted by molar-refractivity contribution is 9.10. The molecular formula is C13H16BrN3O2S2. The molecule has 2 aromatic heterocycles. The van der Waals surface area contributed by atoms with Crippen molar-refractivity contribution in [2.24, 2.45) is 0 Å². The summed E-state index contributed by atoms with van der Waals surface area (Å²) in [6.07, 6.45) is 2.23. The summed E-state index contributed by atoms with van der Waals surface area (Å²) in [7, 11) is -2.02. The number of hydrogen-bond acceptors (Lipinski definition) is 5. The number of halogens is 1. The van der Waals surface area contributed by atoms with Crippen LogP contribution in [-0.2, 0) is 10.0 Å². The van der Waals surface area contributed by atoms with Crippen LogP contribution in [0.15, 0.2) is 39.1 Å². The second-order valence-corrected chi connectivity index (χ2v) is 7.93. The van der Waals surface area contributed by atoms with Gasteiger partial charge in [0.05, 0.1) is 6.04 Å². The Labute approximate surface area is 137 Å². The Morgan fingerprint density at radius 2 is 2.24 bits per heavy atom. The van der Waals surface area contributed by atoms with Crippen LogP contribution in [0.25, 0.3) is 0 Å². The molecule has 0 saturated carbocycles. The fourth-order valence-electron chi connectivity index (χ4n) is 1.90. The lowest BCUT2D eigenvalue weighted by atomic mass is 10.2. The van der Waals surface area contributed by atoms with Gasteiger partial charge in [0.1, 0.15) is 10.7 Å². The molecule has 0 saturated heterocycles. The van der Waals surface area contributed by atoms with Crippen molar-refractivity contribution in [1.82, 2.24) is 9.71 Å². The van der Waals surface area contributed by atoms with E-state index in [0.29, 0.717) is 16.7 Å². The van der Waals surface area contributed by atoms with E-state index in [1.165, 1.54) is 11.3 Å². The van der Waals surface area contributed by atoms with Crippen LogP contribution < -0.4 is 10.0 Å². The monoisotopic (exact) mass is 389 g/mol. The summed E-state index contributed by atoms with van der Waals surface area (Å²) in [4.78, 5) is 5.21. The molecule has 0 aliphatic carbocycles. The van der Waals surface area contributed by atoms with Crippen molar-refractivity contribution in [3.63, 3.8) is 0 Å². The van der Waals surface area contributed by atoms with E-state index in [0.717, 1.165) is 4.88 Å². The topological polar surface area (TPSA) is 71.1 Å². The molecule has 114 valence electrons. The van der Waals surface area contributed by atoms with Crippen molar-refractivity contribution in [2.45, 2.75) is 24.3 Å². The molecule has 0 fully saturated rings. The molecule has 1 unspecified atom stereocenters. The Kier molecular flexibility index (Phi) is 5.37. The first-order valence-corrected chi connectivity index (χ1v) is 9.52. The van der Waals surface area contributed by atoms with Gasteiger partial charge in [0.15, 0.2) is 0 Å². The Hall–Kier alpha value is -0.960. The lowest BCUT2D eigenvalue weighted by Gasteiger charge is -2.17. The molecule has 0 bridgehead atoms. The maximum Gasteiger partial charge on any atom is 0.244 e. The molecule has 1 atom stereocenters. The normalized spacial score (nSPS) is 13.1. The minimum absolute atomic E-state index is 0.134. The Bertz CT molecular complexity index is 702. The average Bonchev–Trinajstić information content (AvgIpc) is 2.99. The van der Waals surface area contributed by atoms with Gasteiger partial charge < -0.3 is 5.32 Å².